The molecule has 114 valence electrons. The number of carbonyl (C=O) groups is 2. The standard InChI is InChI=1S/C14H24N2O3S/c15-12(14(18)19)7-9-20-10-13(17)16-8-6-11-4-2-1-3-5-11/h4,12H,1-3,5-10,15H2,(H,16,17)(H,18,19). The van der Waals surface area contributed by atoms with Crippen LogP contribution >= 0.6 is 11.8 Å². The summed E-state index contributed by atoms with van der Waals surface area (Å²) >= 11 is 1.42. The minimum Gasteiger partial charge on any atom is -0.480 e. The number of hydrogen-bond donors (Lipinski definition) is 3. The second-order valence-electron chi connectivity index (χ2n) is 4.99. The van der Waals surface area contributed by atoms with E-state index < -0.39 is 12.0 Å². The Balaban J connectivity index is 2.00. The Bertz CT molecular complexity index is 358. The van der Waals surface area contributed by atoms with E-state index in [-0.39, 0.29) is 5.91 Å². The van der Waals surface area contributed by atoms with E-state index in [9.17, 15) is 9.59 Å². The lowest BCUT2D eigenvalue weighted by Crippen LogP contribution is -2.31. The molecule has 1 rings (SSSR count). The van der Waals surface area contributed by atoms with Gasteiger partial charge in [0.05, 0.1) is 5.75 Å². The van der Waals surface area contributed by atoms with Gasteiger partial charge in [0.2, 0.25) is 5.91 Å². The van der Waals surface area contributed by atoms with E-state index in [4.69, 9.17) is 10.8 Å². The zero-order chi connectivity index (χ0) is 14.8. The van der Waals surface area contributed by atoms with Crippen LogP contribution in [-0.2, 0) is 9.59 Å². The number of carboxylic acid groups (broad SMARTS) is 1. The molecule has 4 N–H and O–H groups in total. The predicted molar refractivity (Wildman–Crippen MR) is 81.7 cm³/mol. The number of nitrogens with one attached hydrogen (secondary N) is 1. The van der Waals surface area contributed by atoms with Crippen LogP contribution < -0.4 is 11.1 Å². The van der Waals surface area contributed by atoms with Crippen molar-refractivity contribution in [3.05, 3.63) is 11.6 Å². The van der Waals surface area contributed by atoms with Crippen molar-refractivity contribution in [1.29, 1.82) is 0 Å². The van der Waals surface area contributed by atoms with E-state index in [1.807, 2.05) is 0 Å². The van der Waals surface area contributed by atoms with Crippen molar-refractivity contribution in [2.45, 2.75) is 44.6 Å². The molecular weight excluding hydrogens is 276 g/mol. The van der Waals surface area contributed by atoms with Crippen LogP contribution in [0.4, 0.5) is 0 Å². The molecule has 1 unspecified atom stereocenters. The Morgan fingerprint density at radius 3 is 2.90 bits per heavy atom. The number of aliphatic carboxylic acids is 1. The molecule has 6 heteroatoms. The average molecular weight is 300 g/mol. The molecule has 1 aliphatic rings. The molecule has 20 heavy (non-hydrogen) atoms. The first-order chi connectivity index (χ1) is 9.59. The third-order valence-corrected chi connectivity index (χ3v) is 4.27. The maximum absolute atomic E-state index is 11.6. The molecule has 0 fully saturated rings. The highest BCUT2D eigenvalue weighted by Crippen LogP contribution is 2.19. The van der Waals surface area contributed by atoms with Crippen LogP contribution in [0.25, 0.3) is 0 Å². The van der Waals surface area contributed by atoms with Gasteiger partial charge in [-0.3, -0.25) is 9.59 Å². The number of nitrogens with two attached hydrogens (primary N) is 1. The van der Waals surface area contributed by atoms with Gasteiger partial charge in [-0.2, -0.15) is 11.8 Å². The van der Waals surface area contributed by atoms with Gasteiger partial charge in [0.25, 0.3) is 0 Å². The van der Waals surface area contributed by atoms with Crippen LogP contribution in [-0.4, -0.2) is 41.1 Å². The van der Waals surface area contributed by atoms with Crippen molar-refractivity contribution in [3.8, 4) is 0 Å². The van der Waals surface area contributed by atoms with E-state index in [2.05, 4.69) is 11.4 Å². The summed E-state index contributed by atoms with van der Waals surface area (Å²) in [5.74, 6) is -0.0247. The minimum absolute atomic E-state index is 0.00954. The molecule has 0 bridgehead atoms. The first-order valence-corrected chi connectivity index (χ1v) is 8.26. The summed E-state index contributed by atoms with van der Waals surface area (Å²) in [6.07, 6.45) is 8.50. The number of hydrogen-bond acceptors (Lipinski definition) is 4. The number of thioether (sulfide) groups is 1. The fraction of sp³-hybridized carbons (Fsp3) is 0.714. The highest BCUT2D eigenvalue weighted by molar-refractivity contribution is 7.99. The lowest BCUT2D eigenvalue weighted by Gasteiger charge is -2.13. The second-order valence-corrected chi connectivity index (χ2v) is 6.10. The highest BCUT2D eigenvalue weighted by Gasteiger charge is 2.11. The molecule has 0 aromatic carbocycles. The monoisotopic (exact) mass is 300 g/mol. The molecule has 5 nitrogen and oxygen atoms in total. The molecule has 1 atom stereocenters. The largest absolute Gasteiger partial charge is 0.480 e. The summed E-state index contributed by atoms with van der Waals surface area (Å²) in [4.78, 5) is 22.1. The number of amides is 1. The summed E-state index contributed by atoms with van der Waals surface area (Å²) in [5, 5.41) is 11.5. The van der Waals surface area contributed by atoms with Crippen LogP contribution in [0.3, 0.4) is 0 Å². The Hall–Kier alpha value is -1.01. The number of carboxylic acids is 1. The number of rotatable bonds is 9. The van der Waals surface area contributed by atoms with Crippen molar-refractivity contribution in [2.75, 3.05) is 18.1 Å². The van der Waals surface area contributed by atoms with Gasteiger partial charge >= 0.3 is 5.97 Å². The third kappa shape index (κ3) is 7.55. The fourth-order valence-corrected chi connectivity index (χ4v) is 2.90. The maximum atomic E-state index is 11.6. The van der Waals surface area contributed by atoms with Crippen molar-refractivity contribution < 1.29 is 14.7 Å². The van der Waals surface area contributed by atoms with Crippen LogP contribution in [0.2, 0.25) is 0 Å². The molecule has 0 spiro atoms. The lowest BCUT2D eigenvalue weighted by molar-refractivity contribution is -0.138. The van der Waals surface area contributed by atoms with Gasteiger partial charge in [0, 0.05) is 6.54 Å². The zero-order valence-corrected chi connectivity index (χ0v) is 12.6. The van der Waals surface area contributed by atoms with Crippen molar-refractivity contribution in [2.24, 2.45) is 5.73 Å². The average Bonchev–Trinajstić information content (AvgIpc) is 2.44. The minimum atomic E-state index is -0.990. The quantitative estimate of drug-likeness (QED) is 0.443. The zero-order valence-electron chi connectivity index (χ0n) is 11.8. The molecule has 0 saturated heterocycles. The Labute approximate surface area is 124 Å². The normalized spacial score (nSPS) is 16.4. The molecule has 1 amide bonds. The van der Waals surface area contributed by atoms with E-state index in [1.165, 1.54) is 36.6 Å². The van der Waals surface area contributed by atoms with Crippen LogP contribution in [0, 0.1) is 0 Å². The Kier molecular flexibility index (Phi) is 8.37. The summed E-state index contributed by atoms with van der Waals surface area (Å²) in [5.41, 5.74) is 6.83. The SMILES string of the molecule is NC(CCSCC(=O)NCCC1=CCCCC1)C(=O)O. The van der Waals surface area contributed by atoms with E-state index >= 15 is 0 Å². The fourth-order valence-electron chi connectivity index (χ4n) is 2.04. The Morgan fingerprint density at radius 1 is 1.45 bits per heavy atom. The topological polar surface area (TPSA) is 92.4 Å². The molecule has 0 aromatic rings. The molecule has 0 saturated carbocycles. The first kappa shape index (κ1) is 17.0. The molecule has 0 radical (unpaired) electrons. The lowest BCUT2D eigenvalue weighted by atomic mass is 9.97. The second kappa shape index (κ2) is 9.83. The third-order valence-electron chi connectivity index (χ3n) is 3.28. The molecule has 0 aliphatic heterocycles. The van der Waals surface area contributed by atoms with Gasteiger partial charge in [-0.25, -0.2) is 0 Å². The van der Waals surface area contributed by atoms with Crippen LogP contribution in [0.15, 0.2) is 11.6 Å². The van der Waals surface area contributed by atoms with E-state index in [1.54, 1.807) is 0 Å². The van der Waals surface area contributed by atoms with Gasteiger partial charge in [-0.05, 0) is 44.3 Å². The number of carbonyl (C=O) groups excluding carboxylic acids is 1. The van der Waals surface area contributed by atoms with Gasteiger partial charge in [0.15, 0.2) is 0 Å². The van der Waals surface area contributed by atoms with Gasteiger partial charge < -0.3 is 16.2 Å². The summed E-state index contributed by atoms with van der Waals surface area (Å²) in [7, 11) is 0. The van der Waals surface area contributed by atoms with Gasteiger partial charge in [-0.15, -0.1) is 0 Å². The molecule has 0 heterocycles. The van der Waals surface area contributed by atoms with Crippen LogP contribution in [0.1, 0.15) is 38.5 Å². The smallest absolute Gasteiger partial charge is 0.320 e. The predicted octanol–water partition coefficient (Wildman–Crippen LogP) is 1.53. The van der Waals surface area contributed by atoms with Crippen molar-refractivity contribution in [1.82, 2.24) is 5.32 Å². The van der Waals surface area contributed by atoms with Crippen LogP contribution in [0.5, 0.6) is 0 Å². The van der Waals surface area contributed by atoms with E-state index in [0.717, 1.165) is 12.8 Å². The van der Waals surface area contributed by atoms with Crippen molar-refractivity contribution in [3.63, 3.8) is 0 Å². The Morgan fingerprint density at radius 2 is 2.25 bits per heavy atom. The summed E-state index contributed by atoms with van der Waals surface area (Å²) in [6.45, 7) is 0.694. The molecule has 0 aromatic heterocycles. The van der Waals surface area contributed by atoms with Crippen molar-refractivity contribution >= 4 is 23.6 Å². The van der Waals surface area contributed by atoms with Gasteiger partial charge in [0.1, 0.15) is 6.04 Å². The molecular formula is C14H24N2O3S. The van der Waals surface area contributed by atoms with E-state index in [0.29, 0.717) is 24.5 Å². The first-order valence-electron chi connectivity index (χ1n) is 7.10. The maximum Gasteiger partial charge on any atom is 0.320 e. The molecule has 1 aliphatic carbocycles. The summed E-state index contributed by atoms with van der Waals surface area (Å²) in [6, 6.07) is -0.830. The highest BCUT2D eigenvalue weighted by atomic mass is 32.2. The summed E-state index contributed by atoms with van der Waals surface area (Å²) < 4.78 is 0. The van der Waals surface area contributed by atoms with Gasteiger partial charge in [-0.1, -0.05) is 11.6 Å². The number of allylic oxidation sites excluding steroid dienone is 1.